The van der Waals surface area contributed by atoms with Crippen molar-refractivity contribution in [2.45, 2.75) is 12.8 Å². The standard InChI is InChI=1S/C6H11O2S/c1-3-5-6-9(7,8)4-2/h4H,1-3,5-6H2. The van der Waals surface area contributed by atoms with Crippen LogP contribution in [0.25, 0.3) is 0 Å². The lowest BCUT2D eigenvalue weighted by atomic mass is 10.4. The van der Waals surface area contributed by atoms with Gasteiger partial charge in [-0.15, -0.1) is 0 Å². The fraction of sp³-hybridized carbons (Fsp3) is 0.500. The van der Waals surface area contributed by atoms with Crippen LogP contribution in [0, 0.1) is 6.92 Å². The number of unbranched alkanes of at least 4 members (excludes halogenated alkanes) is 1. The molecule has 0 N–H and O–H groups in total. The van der Waals surface area contributed by atoms with E-state index < -0.39 is 9.84 Å². The molecule has 0 fully saturated rings. The Kier molecular flexibility index (Phi) is 3.54. The van der Waals surface area contributed by atoms with Gasteiger partial charge in [0.25, 0.3) is 0 Å². The van der Waals surface area contributed by atoms with Crippen LogP contribution >= 0.6 is 0 Å². The molecule has 0 aliphatic rings. The highest BCUT2D eigenvalue weighted by Crippen LogP contribution is 1.95. The minimum atomic E-state index is -2.96. The summed E-state index contributed by atoms with van der Waals surface area (Å²) in [5, 5.41) is 0.989. The summed E-state index contributed by atoms with van der Waals surface area (Å²) >= 11 is 0. The van der Waals surface area contributed by atoms with Crippen molar-refractivity contribution in [2.24, 2.45) is 0 Å². The zero-order valence-corrected chi connectivity index (χ0v) is 6.15. The maximum absolute atomic E-state index is 10.6. The second-order valence-corrected chi connectivity index (χ2v) is 3.81. The smallest absolute Gasteiger partial charge is 0.171 e. The molecule has 0 spiro atoms. The summed E-state index contributed by atoms with van der Waals surface area (Å²) in [7, 11) is -2.96. The summed E-state index contributed by atoms with van der Waals surface area (Å²) in [6.45, 7) is 6.70. The van der Waals surface area contributed by atoms with Gasteiger partial charge in [0.1, 0.15) is 0 Å². The molecule has 0 saturated heterocycles. The molecule has 0 aromatic carbocycles. The lowest BCUT2D eigenvalue weighted by Gasteiger charge is -1.92. The third-order valence-electron chi connectivity index (χ3n) is 0.933. The fourth-order valence-corrected chi connectivity index (χ4v) is 1.16. The minimum Gasteiger partial charge on any atom is -0.224 e. The van der Waals surface area contributed by atoms with Gasteiger partial charge in [-0.1, -0.05) is 19.9 Å². The average Bonchev–Trinajstić information content (AvgIpc) is 1.84. The molecule has 3 heteroatoms. The molecular weight excluding hydrogens is 136 g/mol. The predicted molar refractivity (Wildman–Crippen MR) is 38.6 cm³/mol. The normalized spacial score (nSPS) is 11.2. The van der Waals surface area contributed by atoms with Gasteiger partial charge in [0.15, 0.2) is 9.84 Å². The summed E-state index contributed by atoms with van der Waals surface area (Å²) in [5.74, 6) is 0.181. The first-order valence-corrected chi connectivity index (χ1v) is 4.48. The van der Waals surface area contributed by atoms with Gasteiger partial charge in [-0.3, -0.25) is 0 Å². The summed E-state index contributed by atoms with van der Waals surface area (Å²) in [5.41, 5.74) is 0. The van der Waals surface area contributed by atoms with Crippen molar-refractivity contribution in [3.63, 3.8) is 0 Å². The minimum absolute atomic E-state index is 0.181. The highest BCUT2D eigenvalue weighted by Gasteiger charge is 2.01. The van der Waals surface area contributed by atoms with E-state index in [-0.39, 0.29) is 5.75 Å². The molecular formula is C6H11O2S. The molecule has 0 bridgehead atoms. The van der Waals surface area contributed by atoms with Crippen LogP contribution in [0.15, 0.2) is 12.0 Å². The second kappa shape index (κ2) is 3.67. The summed E-state index contributed by atoms with van der Waals surface area (Å²) in [6, 6.07) is 0. The van der Waals surface area contributed by atoms with Crippen molar-refractivity contribution in [1.82, 2.24) is 0 Å². The Balaban J connectivity index is 3.75. The molecule has 0 unspecified atom stereocenters. The average molecular weight is 147 g/mol. The number of hydrogen-bond donors (Lipinski definition) is 0. The maximum atomic E-state index is 10.6. The molecule has 0 aromatic rings. The molecule has 0 amide bonds. The molecule has 0 aliphatic carbocycles. The molecule has 9 heavy (non-hydrogen) atoms. The van der Waals surface area contributed by atoms with Crippen LogP contribution in [0.2, 0.25) is 0 Å². The lowest BCUT2D eigenvalue weighted by molar-refractivity contribution is 0.602. The van der Waals surface area contributed by atoms with Crippen LogP contribution in [0.1, 0.15) is 12.8 Å². The van der Waals surface area contributed by atoms with Crippen molar-refractivity contribution in [1.29, 1.82) is 0 Å². The maximum Gasteiger partial charge on any atom is 0.171 e. The number of hydrogen-bond acceptors (Lipinski definition) is 2. The molecule has 0 rings (SSSR count). The van der Waals surface area contributed by atoms with Crippen LogP contribution < -0.4 is 0 Å². The second-order valence-electron chi connectivity index (χ2n) is 1.74. The van der Waals surface area contributed by atoms with Crippen molar-refractivity contribution < 1.29 is 8.42 Å². The Morgan fingerprint density at radius 1 is 1.44 bits per heavy atom. The van der Waals surface area contributed by atoms with E-state index in [0.717, 1.165) is 5.41 Å². The number of sulfone groups is 1. The molecule has 0 aliphatic heterocycles. The van der Waals surface area contributed by atoms with Gasteiger partial charge in [-0.2, -0.15) is 0 Å². The number of rotatable bonds is 4. The first-order valence-electron chi connectivity index (χ1n) is 2.77. The highest BCUT2D eigenvalue weighted by atomic mass is 32.2. The monoisotopic (exact) mass is 147 g/mol. The van der Waals surface area contributed by atoms with E-state index in [1.54, 1.807) is 0 Å². The fourth-order valence-electron chi connectivity index (χ4n) is 0.387. The van der Waals surface area contributed by atoms with Crippen molar-refractivity contribution in [3.8, 4) is 0 Å². The van der Waals surface area contributed by atoms with Crippen molar-refractivity contribution >= 4 is 9.84 Å². The van der Waals surface area contributed by atoms with E-state index in [2.05, 4.69) is 13.5 Å². The van der Waals surface area contributed by atoms with Crippen LogP contribution in [-0.2, 0) is 9.84 Å². The molecule has 0 heterocycles. The van der Waals surface area contributed by atoms with E-state index in [9.17, 15) is 8.42 Å². The summed E-state index contributed by atoms with van der Waals surface area (Å²) < 4.78 is 21.2. The van der Waals surface area contributed by atoms with Gasteiger partial charge < -0.3 is 0 Å². The first-order chi connectivity index (χ1) is 4.12. The van der Waals surface area contributed by atoms with E-state index in [1.807, 2.05) is 0 Å². The third kappa shape index (κ3) is 4.21. The molecule has 53 valence electrons. The van der Waals surface area contributed by atoms with E-state index >= 15 is 0 Å². The Morgan fingerprint density at radius 2 is 2.00 bits per heavy atom. The van der Waals surface area contributed by atoms with Crippen LogP contribution in [0.3, 0.4) is 0 Å². The van der Waals surface area contributed by atoms with Gasteiger partial charge >= 0.3 is 0 Å². The summed E-state index contributed by atoms with van der Waals surface area (Å²) in [6.07, 6.45) is 1.28. The van der Waals surface area contributed by atoms with Crippen LogP contribution in [0.5, 0.6) is 0 Å². The van der Waals surface area contributed by atoms with Gasteiger partial charge in [0, 0.05) is 5.41 Å². The molecule has 0 atom stereocenters. The van der Waals surface area contributed by atoms with Crippen molar-refractivity contribution in [3.05, 3.63) is 18.9 Å². The van der Waals surface area contributed by atoms with Crippen LogP contribution in [0.4, 0.5) is 0 Å². The molecule has 1 radical (unpaired) electrons. The largest absolute Gasteiger partial charge is 0.224 e. The summed E-state index contributed by atoms with van der Waals surface area (Å²) in [4.78, 5) is 0. The molecule has 0 aromatic heterocycles. The Hall–Kier alpha value is -0.310. The predicted octanol–water partition coefficient (Wildman–Crippen LogP) is 1.16. The van der Waals surface area contributed by atoms with Crippen LogP contribution in [-0.4, -0.2) is 14.2 Å². The SMILES string of the molecule is [CH2]CCCS(=O)(=O)C=C. The molecule has 0 saturated carbocycles. The van der Waals surface area contributed by atoms with Gasteiger partial charge in [0.05, 0.1) is 5.75 Å². The van der Waals surface area contributed by atoms with Gasteiger partial charge in [-0.05, 0) is 6.42 Å². The lowest BCUT2D eigenvalue weighted by Crippen LogP contribution is -2.00. The topological polar surface area (TPSA) is 34.1 Å². The third-order valence-corrected chi connectivity index (χ3v) is 2.30. The van der Waals surface area contributed by atoms with Gasteiger partial charge in [0.2, 0.25) is 0 Å². The Morgan fingerprint density at radius 3 is 2.33 bits per heavy atom. The Bertz CT molecular complexity index is 167. The van der Waals surface area contributed by atoms with E-state index in [4.69, 9.17) is 0 Å². The first kappa shape index (κ1) is 8.69. The quantitative estimate of drug-likeness (QED) is 0.598. The molecule has 2 nitrogen and oxygen atoms in total. The van der Waals surface area contributed by atoms with Crippen molar-refractivity contribution in [2.75, 3.05) is 5.75 Å². The highest BCUT2D eigenvalue weighted by molar-refractivity contribution is 7.94. The van der Waals surface area contributed by atoms with E-state index in [0.29, 0.717) is 12.8 Å². The Labute approximate surface area is 56.5 Å². The van der Waals surface area contributed by atoms with Gasteiger partial charge in [-0.25, -0.2) is 8.42 Å². The van der Waals surface area contributed by atoms with E-state index in [1.165, 1.54) is 0 Å². The zero-order chi connectivity index (χ0) is 7.33. The zero-order valence-electron chi connectivity index (χ0n) is 5.34.